The highest BCUT2D eigenvalue weighted by Crippen LogP contribution is 2.15. The van der Waals surface area contributed by atoms with Gasteiger partial charge < -0.3 is 10.4 Å². The second-order valence-corrected chi connectivity index (χ2v) is 8.19. The van der Waals surface area contributed by atoms with E-state index in [9.17, 15) is 23.1 Å². The maximum absolute atomic E-state index is 12.4. The second-order valence-electron chi connectivity index (χ2n) is 6.43. The van der Waals surface area contributed by atoms with Gasteiger partial charge in [0, 0.05) is 12.1 Å². The molecule has 0 radical (unpaired) electrons. The predicted octanol–water partition coefficient (Wildman–Crippen LogP) is 2.18. The Morgan fingerprint density at radius 2 is 1.59 bits per heavy atom. The van der Waals surface area contributed by atoms with Gasteiger partial charge in [-0.3, -0.25) is 4.79 Å². The Hall–Kier alpha value is -2.71. The van der Waals surface area contributed by atoms with E-state index in [4.69, 9.17) is 0 Å². The molecule has 2 rings (SSSR count). The molecule has 0 aliphatic carbocycles. The number of aliphatic carboxylic acids is 1. The molecule has 0 fully saturated rings. The molecule has 7 nitrogen and oxygen atoms in total. The summed E-state index contributed by atoms with van der Waals surface area (Å²) in [7, 11) is -3.65. The molecule has 3 N–H and O–H groups in total. The van der Waals surface area contributed by atoms with Gasteiger partial charge in [-0.1, -0.05) is 44.2 Å². The SMILES string of the molecule is CC(C)CNS(=O)(=O)c1ccc(C(=O)NC(C(=O)O)c2ccccc2)cc1. The van der Waals surface area contributed by atoms with Gasteiger partial charge in [0.2, 0.25) is 10.0 Å². The molecule has 144 valence electrons. The maximum atomic E-state index is 12.4. The lowest BCUT2D eigenvalue weighted by Crippen LogP contribution is -2.33. The molecule has 1 amide bonds. The van der Waals surface area contributed by atoms with Crippen LogP contribution in [0.1, 0.15) is 35.8 Å². The largest absolute Gasteiger partial charge is 0.479 e. The summed E-state index contributed by atoms with van der Waals surface area (Å²) in [5.41, 5.74) is 0.607. The molecule has 0 saturated carbocycles. The van der Waals surface area contributed by atoms with Crippen molar-refractivity contribution in [3.05, 3.63) is 65.7 Å². The van der Waals surface area contributed by atoms with Gasteiger partial charge in [0.25, 0.3) is 5.91 Å². The molecule has 27 heavy (non-hydrogen) atoms. The van der Waals surface area contributed by atoms with Gasteiger partial charge in [0.1, 0.15) is 0 Å². The van der Waals surface area contributed by atoms with Crippen LogP contribution in [-0.2, 0) is 14.8 Å². The van der Waals surface area contributed by atoms with E-state index in [-0.39, 0.29) is 16.4 Å². The molecule has 8 heteroatoms. The third-order valence-corrected chi connectivity index (χ3v) is 5.20. The van der Waals surface area contributed by atoms with Crippen molar-refractivity contribution in [3.8, 4) is 0 Å². The van der Waals surface area contributed by atoms with Gasteiger partial charge in [0.15, 0.2) is 6.04 Å². The Morgan fingerprint density at radius 1 is 1.00 bits per heavy atom. The Bertz CT molecular complexity index is 893. The zero-order valence-corrected chi connectivity index (χ0v) is 15.9. The van der Waals surface area contributed by atoms with Gasteiger partial charge in [-0.25, -0.2) is 17.9 Å². The summed E-state index contributed by atoms with van der Waals surface area (Å²) in [4.78, 5) is 23.9. The predicted molar refractivity (Wildman–Crippen MR) is 101 cm³/mol. The standard InChI is InChI=1S/C19H22N2O5S/c1-13(2)12-20-27(25,26)16-10-8-15(9-11-16)18(22)21-17(19(23)24)14-6-4-3-5-7-14/h3-11,13,17,20H,12H2,1-2H3,(H,21,22)(H,23,24). The number of carboxylic acid groups (broad SMARTS) is 1. The molecule has 0 spiro atoms. The summed E-state index contributed by atoms with van der Waals surface area (Å²) in [5, 5.41) is 11.8. The minimum absolute atomic E-state index is 0.0394. The van der Waals surface area contributed by atoms with E-state index in [0.717, 1.165) is 0 Å². The van der Waals surface area contributed by atoms with E-state index < -0.39 is 27.9 Å². The van der Waals surface area contributed by atoms with Crippen molar-refractivity contribution in [3.63, 3.8) is 0 Å². The van der Waals surface area contributed by atoms with Crippen LogP contribution in [0.5, 0.6) is 0 Å². The molecular weight excluding hydrogens is 368 g/mol. The molecule has 2 aromatic carbocycles. The first-order valence-electron chi connectivity index (χ1n) is 8.39. The third-order valence-electron chi connectivity index (χ3n) is 3.76. The van der Waals surface area contributed by atoms with Crippen molar-refractivity contribution >= 4 is 21.9 Å². The van der Waals surface area contributed by atoms with Gasteiger partial charge >= 0.3 is 5.97 Å². The van der Waals surface area contributed by atoms with E-state index in [1.165, 1.54) is 24.3 Å². The van der Waals surface area contributed by atoms with Crippen molar-refractivity contribution in [2.24, 2.45) is 5.92 Å². The van der Waals surface area contributed by atoms with Crippen LogP contribution >= 0.6 is 0 Å². The zero-order valence-electron chi connectivity index (χ0n) is 15.0. The van der Waals surface area contributed by atoms with Gasteiger partial charge in [-0.2, -0.15) is 0 Å². The summed E-state index contributed by atoms with van der Waals surface area (Å²) in [6.07, 6.45) is 0. The molecule has 1 unspecified atom stereocenters. The second kappa shape index (κ2) is 8.79. The molecule has 0 heterocycles. The van der Waals surface area contributed by atoms with E-state index in [1.807, 2.05) is 13.8 Å². The maximum Gasteiger partial charge on any atom is 0.330 e. The van der Waals surface area contributed by atoms with Crippen molar-refractivity contribution in [1.29, 1.82) is 0 Å². The highest BCUT2D eigenvalue weighted by atomic mass is 32.2. The number of hydrogen-bond donors (Lipinski definition) is 3. The molecule has 0 saturated heterocycles. The fourth-order valence-electron chi connectivity index (χ4n) is 2.29. The lowest BCUT2D eigenvalue weighted by atomic mass is 10.1. The number of carbonyl (C=O) groups is 2. The van der Waals surface area contributed by atoms with Gasteiger partial charge in [-0.05, 0) is 35.7 Å². The summed E-state index contributed by atoms with van der Waals surface area (Å²) in [5.74, 6) is -1.63. The Morgan fingerprint density at radius 3 is 2.11 bits per heavy atom. The average Bonchev–Trinajstić information content (AvgIpc) is 2.65. The summed E-state index contributed by atoms with van der Waals surface area (Å²) < 4.78 is 26.8. The number of benzene rings is 2. The molecule has 1 atom stereocenters. The topological polar surface area (TPSA) is 113 Å². The molecular formula is C19H22N2O5S. The highest BCUT2D eigenvalue weighted by Gasteiger charge is 2.23. The number of nitrogens with one attached hydrogen (secondary N) is 2. The first kappa shape index (κ1) is 20.6. The molecule has 0 aromatic heterocycles. The number of carboxylic acids is 1. The molecule has 0 aliphatic rings. The van der Waals surface area contributed by atoms with Crippen LogP contribution in [-0.4, -0.2) is 31.9 Å². The van der Waals surface area contributed by atoms with E-state index >= 15 is 0 Å². The number of rotatable bonds is 8. The number of amides is 1. The average molecular weight is 390 g/mol. The van der Waals surface area contributed by atoms with Crippen molar-refractivity contribution in [2.45, 2.75) is 24.8 Å². The first-order valence-corrected chi connectivity index (χ1v) is 9.87. The Kier molecular flexibility index (Phi) is 6.70. The van der Waals surface area contributed by atoms with E-state index in [0.29, 0.717) is 12.1 Å². The minimum atomic E-state index is -3.65. The van der Waals surface area contributed by atoms with Crippen molar-refractivity contribution in [2.75, 3.05) is 6.54 Å². The first-order chi connectivity index (χ1) is 12.7. The molecule has 0 aliphatic heterocycles. The quantitative estimate of drug-likeness (QED) is 0.639. The minimum Gasteiger partial charge on any atom is -0.479 e. The number of hydrogen-bond acceptors (Lipinski definition) is 4. The lowest BCUT2D eigenvalue weighted by Gasteiger charge is -2.15. The van der Waals surface area contributed by atoms with Crippen LogP contribution in [0.15, 0.2) is 59.5 Å². The lowest BCUT2D eigenvalue weighted by molar-refractivity contribution is -0.139. The fraction of sp³-hybridized carbons (Fsp3) is 0.263. The van der Waals surface area contributed by atoms with Gasteiger partial charge in [0.05, 0.1) is 4.90 Å². The van der Waals surface area contributed by atoms with Crippen LogP contribution in [0.3, 0.4) is 0 Å². The third kappa shape index (κ3) is 5.63. The fourth-order valence-corrected chi connectivity index (χ4v) is 3.51. The molecule has 2 aromatic rings. The van der Waals surface area contributed by atoms with Gasteiger partial charge in [-0.15, -0.1) is 0 Å². The smallest absolute Gasteiger partial charge is 0.330 e. The van der Waals surface area contributed by atoms with Crippen LogP contribution < -0.4 is 10.0 Å². The van der Waals surface area contributed by atoms with E-state index in [1.54, 1.807) is 30.3 Å². The molecule has 0 bridgehead atoms. The monoisotopic (exact) mass is 390 g/mol. The Balaban J connectivity index is 2.14. The highest BCUT2D eigenvalue weighted by molar-refractivity contribution is 7.89. The summed E-state index contributed by atoms with van der Waals surface area (Å²) >= 11 is 0. The van der Waals surface area contributed by atoms with Crippen molar-refractivity contribution < 1.29 is 23.1 Å². The number of carbonyl (C=O) groups excluding carboxylic acids is 1. The zero-order chi connectivity index (χ0) is 20.0. The van der Waals surface area contributed by atoms with Crippen molar-refractivity contribution in [1.82, 2.24) is 10.0 Å². The normalized spacial score (nSPS) is 12.6. The number of sulfonamides is 1. The summed E-state index contributed by atoms with van der Waals surface area (Å²) in [6, 6.07) is 12.5. The van der Waals surface area contributed by atoms with Crippen LogP contribution in [0.2, 0.25) is 0 Å². The van der Waals surface area contributed by atoms with Crippen LogP contribution in [0.4, 0.5) is 0 Å². The summed E-state index contributed by atoms with van der Waals surface area (Å²) in [6.45, 7) is 4.09. The Labute approximate surface area is 158 Å². The van der Waals surface area contributed by atoms with E-state index in [2.05, 4.69) is 10.0 Å². The van der Waals surface area contributed by atoms with Crippen LogP contribution in [0.25, 0.3) is 0 Å². The van der Waals surface area contributed by atoms with Crippen LogP contribution in [0, 0.1) is 5.92 Å².